The van der Waals surface area contributed by atoms with Crippen LogP contribution in [0.5, 0.6) is 0 Å². The second-order valence-corrected chi connectivity index (χ2v) is 7.29. The van der Waals surface area contributed by atoms with Crippen LogP contribution in [0.1, 0.15) is 60.8 Å². The number of nitrogens with one attached hydrogen (secondary N) is 1. The Kier molecular flexibility index (Phi) is 9.93. The van der Waals surface area contributed by atoms with Crippen molar-refractivity contribution < 1.29 is 14.3 Å². The highest BCUT2D eigenvalue weighted by atomic mass is 16.5. The lowest BCUT2D eigenvalue weighted by Gasteiger charge is -2.21. The number of ether oxygens (including phenoxy) is 1. The number of amides is 1. The molecule has 136 valence electrons. The van der Waals surface area contributed by atoms with Gasteiger partial charge in [0.2, 0.25) is 6.41 Å². The van der Waals surface area contributed by atoms with Crippen molar-refractivity contribution in [1.29, 1.82) is 0 Å². The largest absolute Gasteiger partial charge is 0.463 e. The van der Waals surface area contributed by atoms with E-state index < -0.39 is 0 Å². The zero-order valence-electron chi connectivity index (χ0n) is 15.9. The minimum Gasteiger partial charge on any atom is -0.463 e. The van der Waals surface area contributed by atoms with Crippen molar-refractivity contribution in [3.05, 3.63) is 23.8 Å². The first-order chi connectivity index (χ1) is 11.2. The van der Waals surface area contributed by atoms with Gasteiger partial charge in [0.1, 0.15) is 0 Å². The average Bonchev–Trinajstić information content (AvgIpc) is 2.46. The second kappa shape index (κ2) is 10.8. The van der Waals surface area contributed by atoms with E-state index in [1.54, 1.807) is 13.0 Å². The van der Waals surface area contributed by atoms with E-state index in [-0.39, 0.29) is 11.4 Å². The first-order valence-electron chi connectivity index (χ1n) is 8.45. The number of esters is 1. The highest BCUT2D eigenvalue weighted by molar-refractivity contribution is 6.09. The molecule has 1 N–H and O–H groups in total. The van der Waals surface area contributed by atoms with Crippen LogP contribution in [0.25, 0.3) is 0 Å². The van der Waals surface area contributed by atoms with Gasteiger partial charge in [-0.15, -0.1) is 0 Å². The molecule has 0 aliphatic heterocycles. The zero-order chi connectivity index (χ0) is 18.8. The minimum absolute atomic E-state index is 0.0600. The van der Waals surface area contributed by atoms with E-state index >= 15 is 0 Å². The molecule has 0 heterocycles. The second-order valence-electron chi connectivity index (χ2n) is 7.29. The molecule has 1 amide bonds. The number of hydrogen-bond acceptors (Lipinski definition) is 4. The van der Waals surface area contributed by atoms with Gasteiger partial charge >= 0.3 is 5.97 Å². The van der Waals surface area contributed by atoms with Crippen molar-refractivity contribution in [1.82, 2.24) is 5.43 Å². The molecule has 0 bridgehead atoms. The molecule has 24 heavy (non-hydrogen) atoms. The highest BCUT2D eigenvalue weighted by Gasteiger charge is 2.23. The lowest BCUT2D eigenvalue weighted by molar-refractivity contribution is -0.138. The zero-order valence-corrected chi connectivity index (χ0v) is 15.9. The lowest BCUT2D eigenvalue weighted by atomic mass is 9.85. The normalized spacial score (nSPS) is 13.4. The summed E-state index contributed by atoms with van der Waals surface area (Å²) >= 11 is 0. The molecule has 0 rings (SSSR count). The summed E-state index contributed by atoms with van der Waals surface area (Å²) in [5, 5.41) is 4.15. The maximum absolute atomic E-state index is 12.4. The Hall–Kier alpha value is -1.91. The Morgan fingerprint density at radius 2 is 1.96 bits per heavy atom. The summed E-state index contributed by atoms with van der Waals surface area (Å²) in [5.74, 6) is 0.109. The molecule has 0 unspecified atom stereocenters. The van der Waals surface area contributed by atoms with E-state index in [1.165, 1.54) is 0 Å². The summed E-state index contributed by atoms with van der Waals surface area (Å²) in [6.45, 7) is 16.4. The molecule has 0 saturated carbocycles. The van der Waals surface area contributed by atoms with Gasteiger partial charge in [-0.2, -0.15) is 5.10 Å². The molecule has 0 atom stereocenters. The third kappa shape index (κ3) is 8.65. The van der Waals surface area contributed by atoms with Gasteiger partial charge in [0.25, 0.3) is 0 Å². The summed E-state index contributed by atoms with van der Waals surface area (Å²) in [5.41, 5.74) is 4.14. The topological polar surface area (TPSA) is 67.8 Å². The average molecular weight is 336 g/mol. The van der Waals surface area contributed by atoms with Crippen LogP contribution < -0.4 is 5.43 Å². The fourth-order valence-electron chi connectivity index (χ4n) is 2.21. The van der Waals surface area contributed by atoms with Gasteiger partial charge in [0.05, 0.1) is 12.3 Å². The van der Waals surface area contributed by atoms with Gasteiger partial charge in [-0.05, 0) is 37.5 Å². The van der Waals surface area contributed by atoms with E-state index in [2.05, 4.69) is 51.7 Å². The van der Waals surface area contributed by atoms with E-state index in [1.807, 2.05) is 0 Å². The van der Waals surface area contributed by atoms with Crippen LogP contribution in [-0.4, -0.2) is 24.7 Å². The first kappa shape index (κ1) is 22.1. The minimum atomic E-state index is -0.347. The quantitative estimate of drug-likeness (QED) is 0.164. The molecule has 0 aliphatic carbocycles. The molecule has 0 saturated heterocycles. The van der Waals surface area contributed by atoms with E-state index in [0.717, 1.165) is 6.42 Å². The predicted octanol–water partition coefficient (Wildman–Crippen LogP) is 4.01. The fourth-order valence-corrected chi connectivity index (χ4v) is 2.21. The number of rotatable bonds is 10. The number of nitrogens with zero attached hydrogens (tertiary/aromatic N) is 1. The van der Waals surface area contributed by atoms with Crippen LogP contribution >= 0.6 is 0 Å². The van der Waals surface area contributed by atoms with Gasteiger partial charge in [0, 0.05) is 11.1 Å². The highest BCUT2D eigenvalue weighted by Crippen LogP contribution is 2.26. The van der Waals surface area contributed by atoms with Crippen molar-refractivity contribution in [2.45, 2.75) is 60.8 Å². The molecular weight excluding hydrogens is 304 g/mol. The van der Waals surface area contributed by atoms with E-state index in [0.29, 0.717) is 48.6 Å². The summed E-state index contributed by atoms with van der Waals surface area (Å²) in [7, 11) is 0. The third-order valence-electron chi connectivity index (χ3n) is 3.28. The lowest BCUT2D eigenvalue weighted by Crippen LogP contribution is -2.21. The Labute approximate surface area is 146 Å². The summed E-state index contributed by atoms with van der Waals surface area (Å²) in [6.07, 6.45) is 4.18. The molecule has 0 aromatic rings. The SMILES string of the molecule is C=CC(/C(CC(C)(C)C)=N\NC=O)=C(/CCC(C)C)C(=O)OCC. The molecule has 0 aromatic heterocycles. The molecule has 0 aliphatic rings. The Morgan fingerprint density at radius 3 is 2.38 bits per heavy atom. The molecule has 0 spiro atoms. The van der Waals surface area contributed by atoms with Crippen molar-refractivity contribution in [2.24, 2.45) is 16.4 Å². The van der Waals surface area contributed by atoms with Crippen LogP contribution in [0.2, 0.25) is 0 Å². The van der Waals surface area contributed by atoms with Crippen molar-refractivity contribution in [2.75, 3.05) is 6.61 Å². The third-order valence-corrected chi connectivity index (χ3v) is 3.28. The first-order valence-corrected chi connectivity index (χ1v) is 8.45. The molecule has 0 radical (unpaired) electrons. The Balaban J connectivity index is 5.99. The number of carbonyl (C=O) groups excluding carboxylic acids is 2. The number of hydrogen-bond donors (Lipinski definition) is 1. The summed E-state index contributed by atoms with van der Waals surface area (Å²) in [6, 6.07) is 0. The standard InChI is InChI=1S/C19H32N2O3/c1-8-15(17(21-20-13-22)12-19(5,6)7)16(11-10-14(3)4)18(23)24-9-2/h8,13-14H,1,9-12H2,2-7H3,(H,20,22)/b16-15+,21-17-. The van der Waals surface area contributed by atoms with Gasteiger partial charge < -0.3 is 4.74 Å². The van der Waals surface area contributed by atoms with Crippen molar-refractivity contribution >= 4 is 18.1 Å². The van der Waals surface area contributed by atoms with Crippen molar-refractivity contribution in [3.63, 3.8) is 0 Å². The summed E-state index contributed by atoms with van der Waals surface area (Å²) in [4.78, 5) is 23.1. The van der Waals surface area contributed by atoms with Gasteiger partial charge in [0.15, 0.2) is 0 Å². The number of hydrazone groups is 1. The molecule has 0 aromatic carbocycles. The Morgan fingerprint density at radius 1 is 1.33 bits per heavy atom. The monoisotopic (exact) mass is 336 g/mol. The van der Waals surface area contributed by atoms with E-state index in [9.17, 15) is 9.59 Å². The van der Waals surface area contributed by atoms with Crippen LogP contribution in [0.3, 0.4) is 0 Å². The molecule has 5 heteroatoms. The van der Waals surface area contributed by atoms with Gasteiger partial charge in [-0.3, -0.25) is 4.79 Å². The molecular formula is C19H32N2O3. The van der Waals surface area contributed by atoms with Gasteiger partial charge in [-0.1, -0.05) is 47.3 Å². The number of carbonyl (C=O) groups is 2. The van der Waals surface area contributed by atoms with Crippen LogP contribution in [-0.2, 0) is 14.3 Å². The summed E-state index contributed by atoms with van der Waals surface area (Å²) < 4.78 is 5.21. The van der Waals surface area contributed by atoms with Gasteiger partial charge in [-0.25, -0.2) is 10.2 Å². The smallest absolute Gasteiger partial charge is 0.334 e. The molecule has 0 fully saturated rings. The van der Waals surface area contributed by atoms with E-state index in [4.69, 9.17) is 4.74 Å². The van der Waals surface area contributed by atoms with Crippen LogP contribution in [0, 0.1) is 11.3 Å². The fraction of sp³-hybridized carbons (Fsp3) is 0.632. The van der Waals surface area contributed by atoms with Crippen LogP contribution in [0.15, 0.2) is 28.9 Å². The van der Waals surface area contributed by atoms with Crippen LogP contribution in [0.4, 0.5) is 0 Å². The predicted molar refractivity (Wildman–Crippen MR) is 98.6 cm³/mol. The maximum atomic E-state index is 12.4. The number of allylic oxidation sites excluding steroid dienone is 2. The maximum Gasteiger partial charge on any atom is 0.334 e. The molecule has 5 nitrogen and oxygen atoms in total. The Bertz CT molecular complexity index is 497. The van der Waals surface area contributed by atoms with Crippen molar-refractivity contribution in [3.8, 4) is 0 Å².